The van der Waals surface area contributed by atoms with E-state index in [-0.39, 0.29) is 11.5 Å². The summed E-state index contributed by atoms with van der Waals surface area (Å²) in [5, 5.41) is 5.13. The third kappa shape index (κ3) is 4.02. The molecule has 0 bridgehead atoms. The predicted molar refractivity (Wildman–Crippen MR) is 91.6 cm³/mol. The second-order valence-corrected chi connectivity index (χ2v) is 8.34. The summed E-state index contributed by atoms with van der Waals surface area (Å²) in [7, 11) is 0. The number of ether oxygens (including phenoxy) is 1. The van der Waals surface area contributed by atoms with E-state index in [1.165, 1.54) is 35.3 Å². The number of alkyl carbamates (subject to hydrolysis) is 1. The number of nitrogens with one attached hydrogen (secondary N) is 1. The summed E-state index contributed by atoms with van der Waals surface area (Å²) in [4.78, 5) is 13.4. The van der Waals surface area contributed by atoms with E-state index in [0.717, 1.165) is 6.42 Å². The molecule has 3 N–H and O–H groups in total. The summed E-state index contributed by atoms with van der Waals surface area (Å²) >= 11 is 1.84. The van der Waals surface area contributed by atoms with Crippen LogP contribution < -0.4 is 11.1 Å². The molecule has 0 aromatic carbocycles. The van der Waals surface area contributed by atoms with Crippen molar-refractivity contribution in [2.24, 2.45) is 5.73 Å². The molecule has 22 heavy (non-hydrogen) atoms. The number of carbonyl (C=O) groups is 1. The molecule has 0 saturated carbocycles. The summed E-state index contributed by atoms with van der Waals surface area (Å²) in [5.74, 6) is 0. The van der Waals surface area contributed by atoms with Crippen molar-refractivity contribution in [3.8, 4) is 0 Å². The van der Waals surface area contributed by atoms with E-state index in [2.05, 4.69) is 17.6 Å². The highest BCUT2D eigenvalue weighted by Crippen LogP contribution is 2.36. The van der Waals surface area contributed by atoms with E-state index in [1.807, 2.05) is 32.1 Å². The molecular weight excluding hydrogens is 296 g/mol. The van der Waals surface area contributed by atoms with Crippen LogP contribution in [-0.4, -0.2) is 24.8 Å². The van der Waals surface area contributed by atoms with Gasteiger partial charge in [-0.05, 0) is 63.0 Å². The first kappa shape index (κ1) is 17.3. The highest BCUT2D eigenvalue weighted by Gasteiger charge is 2.31. The van der Waals surface area contributed by atoms with Crippen LogP contribution >= 0.6 is 11.3 Å². The first-order chi connectivity index (χ1) is 10.2. The molecule has 0 spiro atoms. The van der Waals surface area contributed by atoms with Crippen molar-refractivity contribution >= 4 is 17.4 Å². The van der Waals surface area contributed by atoms with Crippen molar-refractivity contribution in [2.45, 2.75) is 64.4 Å². The molecule has 4 nitrogen and oxygen atoms in total. The van der Waals surface area contributed by atoms with Crippen molar-refractivity contribution in [1.82, 2.24) is 5.32 Å². The average molecular weight is 324 g/mol. The van der Waals surface area contributed by atoms with Crippen LogP contribution in [0.15, 0.2) is 5.38 Å². The van der Waals surface area contributed by atoms with Gasteiger partial charge >= 0.3 is 6.09 Å². The molecule has 1 unspecified atom stereocenters. The van der Waals surface area contributed by atoms with Gasteiger partial charge < -0.3 is 15.8 Å². The molecule has 1 aromatic rings. The largest absolute Gasteiger partial charge is 0.444 e. The Labute approximate surface area is 137 Å². The number of thiophene rings is 1. The Kier molecular flexibility index (Phi) is 5.17. The maximum atomic E-state index is 11.9. The fourth-order valence-corrected chi connectivity index (χ4v) is 4.16. The van der Waals surface area contributed by atoms with Crippen LogP contribution in [0.25, 0.3) is 0 Å². The molecule has 0 aliphatic heterocycles. The lowest BCUT2D eigenvalue weighted by atomic mass is 9.79. The minimum Gasteiger partial charge on any atom is -0.444 e. The van der Waals surface area contributed by atoms with Crippen molar-refractivity contribution in [2.75, 3.05) is 13.1 Å². The maximum Gasteiger partial charge on any atom is 0.407 e. The predicted octanol–water partition coefficient (Wildman–Crippen LogP) is 3.37. The molecule has 1 atom stereocenters. The van der Waals surface area contributed by atoms with Crippen LogP contribution in [0.4, 0.5) is 4.79 Å². The van der Waals surface area contributed by atoms with Crippen LogP contribution in [0.1, 0.15) is 56.5 Å². The zero-order valence-corrected chi connectivity index (χ0v) is 14.9. The molecule has 124 valence electrons. The van der Waals surface area contributed by atoms with E-state index in [0.29, 0.717) is 13.1 Å². The van der Waals surface area contributed by atoms with E-state index < -0.39 is 5.60 Å². The SMILES string of the molecule is CC(C)(C)OC(=O)NCC(C)(CN)c1csc2c1CCCC2. The number of rotatable bonds is 4. The zero-order chi connectivity index (χ0) is 16.4. The minimum absolute atomic E-state index is 0.238. The molecule has 5 heteroatoms. The van der Waals surface area contributed by atoms with Gasteiger partial charge in [0.25, 0.3) is 0 Å². The van der Waals surface area contributed by atoms with Gasteiger partial charge in [0, 0.05) is 23.4 Å². The lowest BCUT2D eigenvalue weighted by Gasteiger charge is -2.31. The molecule has 0 radical (unpaired) electrons. The maximum absolute atomic E-state index is 11.9. The molecule has 1 aliphatic rings. The number of hydrogen-bond donors (Lipinski definition) is 2. The Morgan fingerprint density at radius 2 is 2.00 bits per heavy atom. The van der Waals surface area contributed by atoms with Gasteiger partial charge in [-0.1, -0.05) is 6.92 Å². The zero-order valence-electron chi connectivity index (χ0n) is 14.1. The van der Waals surface area contributed by atoms with Gasteiger partial charge in [-0.25, -0.2) is 4.79 Å². The fraction of sp³-hybridized carbons (Fsp3) is 0.706. The summed E-state index contributed by atoms with van der Waals surface area (Å²) in [6, 6.07) is 0. The first-order valence-electron chi connectivity index (χ1n) is 8.02. The van der Waals surface area contributed by atoms with Gasteiger partial charge in [0.15, 0.2) is 0 Å². The van der Waals surface area contributed by atoms with Crippen LogP contribution in [-0.2, 0) is 23.0 Å². The monoisotopic (exact) mass is 324 g/mol. The topological polar surface area (TPSA) is 64.3 Å². The second-order valence-electron chi connectivity index (χ2n) is 7.38. The Hall–Kier alpha value is -1.07. The summed E-state index contributed by atoms with van der Waals surface area (Å²) in [6.07, 6.45) is 4.46. The lowest BCUT2D eigenvalue weighted by molar-refractivity contribution is 0.0516. The lowest BCUT2D eigenvalue weighted by Crippen LogP contribution is -2.45. The molecule has 0 fully saturated rings. The Morgan fingerprint density at radius 3 is 2.64 bits per heavy atom. The van der Waals surface area contributed by atoms with E-state index in [4.69, 9.17) is 10.5 Å². The summed E-state index contributed by atoms with van der Waals surface area (Å²) in [5.41, 5.74) is 8.12. The molecule has 2 rings (SSSR count). The molecule has 1 amide bonds. The molecule has 0 saturated heterocycles. The van der Waals surface area contributed by atoms with E-state index in [9.17, 15) is 4.79 Å². The number of carbonyl (C=O) groups excluding carboxylic acids is 1. The van der Waals surface area contributed by atoms with Crippen LogP contribution in [0.2, 0.25) is 0 Å². The summed E-state index contributed by atoms with van der Waals surface area (Å²) in [6.45, 7) is 8.73. The highest BCUT2D eigenvalue weighted by atomic mass is 32.1. The number of fused-ring (bicyclic) bond motifs is 1. The van der Waals surface area contributed by atoms with Gasteiger partial charge in [0.2, 0.25) is 0 Å². The van der Waals surface area contributed by atoms with Crippen LogP contribution in [0.5, 0.6) is 0 Å². The quantitative estimate of drug-likeness (QED) is 0.892. The number of aryl methyl sites for hydroxylation is 1. The Balaban J connectivity index is 2.09. The van der Waals surface area contributed by atoms with Gasteiger partial charge in [-0.15, -0.1) is 11.3 Å². The molecule has 1 aliphatic carbocycles. The van der Waals surface area contributed by atoms with Gasteiger partial charge in [0.05, 0.1) is 0 Å². The molecule has 1 heterocycles. The number of amides is 1. The first-order valence-corrected chi connectivity index (χ1v) is 8.90. The average Bonchev–Trinajstić information content (AvgIpc) is 2.87. The normalized spacial score (nSPS) is 17.5. The van der Waals surface area contributed by atoms with Crippen LogP contribution in [0, 0.1) is 0 Å². The second kappa shape index (κ2) is 6.59. The highest BCUT2D eigenvalue weighted by molar-refractivity contribution is 7.10. The van der Waals surface area contributed by atoms with E-state index in [1.54, 1.807) is 0 Å². The van der Waals surface area contributed by atoms with Gasteiger partial charge in [-0.2, -0.15) is 0 Å². The third-order valence-corrected chi connectivity index (χ3v) is 5.27. The van der Waals surface area contributed by atoms with Crippen molar-refractivity contribution in [3.05, 3.63) is 21.4 Å². The number of hydrogen-bond acceptors (Lipinski definition) is 4. The smallest absolute Gasteiger partial charge is 0.407 e. The molecule has 1 aromatic heterocycles. The van der Waals surface area contributed by atoms with Crippen molar-refractivity contribution in [3.63, 3.8) is 0 Å². The minimum atomic E-state index is -0.481. The Morgan fingerprint density at radius 1 is 1.32 bits per heavy atom. The summed E-state index contributed by atoms with van der Waals surface area (Å²) < 4.78 is 5.32. The van der Waals surface area contributed by atoms with Gasteiger partial charge in [-0.3, -0.25) is 0 Å². The standard InChI is InChI=1S/C17H28N2O2S/c1-16(2,3)21-15(20)19-11-17(4,10-18)13-9-22-14-8-6-5-7-12(13)14/h9H,5-8,10-11,18H2,1-4H3,(H,19,20). The number of nitrogens with two attached hydrogens (primary N) is 1. The third-order valence-electron chi connectivity index (χ3n) is 4.18. The van der Waals surface area contributed by atoms with Gasteiger partial charge in [0.1, 0.15) is 5.60 Å². The van der Waals surface area contributed by atoms with E-state index >= 15 is 0 Å². The van der Waals surface area contributed by atoms with Crippen molar-refractivity contribution in [1.29, 1.82) is 0 Å². The Bertz CT molecular complexity index is 533. The van der Waals surface area contributed by atoms with Crippen LogP contribution in [0.3, 0.4) is 0 Å². The molecular formula is C17H28N2O2S. The van der Waals surface area contributed by atoms with Crippen molar-refractivity contribution < 1.29 is 9.53 Å². The fourth-order valence-electron chi connectivity index (χ4n) is 2.86.